The molecule has 2 N–H and O–H groups in total. The minimum atomic E-state index is -3.37. The molecule has 1 aromatic carbocycles. The molecule has 1 saturated heterocycles. The predicted octanol–water partition coefficient (Wildman–Crippen LogP) is 1.86. The topological polar surface area (TPSA) is 95.4 Å². The first kappa shape index (κ1) is 13.6. The Morgan fingerprint density at radius 3 is 2.55 bits per heavy atom. The highest BCUT2D eigenvalue weighted by Crippen LogP contribution is 2.32. The molecular formula is C12H11BrN2O4S. The second-order valence-corrected chi connectivity index (χ2v) is 7.52. The highest BCUT2D eigenvalue weighted by molar-refractivity contribution is 9.10. The number of nitrogens with zero attached hydrogens (tertiary/aromatic N) is 1. The van der Waals surface area contributed by atoms with Gasteiger partial charge in [0, 0.05) is 16.1 Å². The van der Waals surface area contributed by atoms with E-state index in [1.165, 1.54) is 0 Å². The molecule has 0 radical (unpaired) electrons. The Hall–Kier alpha value is -1.38. The molecular weight excluding hydrogens is 348 g/mol. The number of halogens is 1. The Kier molecular flexibility index (Phi) is 3.31. The van der Waals surface area contributed by atoms with Gasteiger partial charge >= 0.3 is 0 Å². The lowest BCUT2D eigenvalue weighted by Gasteiger charge is -2.26. The van der Waals surface area contributed by atoms with Gasteiger partial charge in [-0.2, -0.15) is 0 Å². The van der Waals surface area contributed by atoms with E-state index in [0.29, 0.717) is 10.2 Å². The summed E-state index contributed by atoms with van der Waals surface area (Å²) >= 11 is 3.30. The van der Waals surface area contributed by atoms with Crippen LogP contribution in [0.15, 0.2) is 38.2 Å². The van der Waals surface area contributed by atoms with Gasteiger partial charge in [0.15, 0.2) is 9.84 Å². The van der Waals surface area contributed by atoms with Crippen LogP contribution < -0.4 is 5.73 Å². The quantitative estimate of drug-likeness (QED) is 0.899. The smallest absolute Gasteiger partial charge is 0.222 e. The minimum absolute atomic E-state index is 0.208. The zero-order valence-corrected chi connectivity index (χ0v) is 12.6. The maximum absolute atomic E-state index is 12.3. The van der Waals surface area contributed by atoms with Gasteiger partial charge in [0.05, 0.1) is 18.1 Å². The van der Waals surface area contributed by atoms with Crippen molar-refractivity contribution in [3.63, 3.8) is 0 Å². The van der Waals surface area contributed by atoms with E-state index >= 15 is 0 Å². The second kappa shape index (κ2) is 4.87. The number of hydrogen-bond donors (Lipinski definition) is 1. The maximum Gasteiger partial charge on any atom is 0.222 e. The molecule has 0 amide bonds. The summed E-state index contributed by atoms with van der Waals surface area (Å²) in [4.78, 5) is 0.256. The van der Waals surface area contributed by atoms with Gasteiger partial charge in [0.2, 0.25) is 5.88 Å². The van der Waals surface area contributed by atoms with Crippen molar-refractivity contribution in [1.29, 1.82) is 0 Å². The highest BCUT2D eigenvalue weighted by Gasteiger charge is 2.35. The van der Waals surface area contributed by atoms with Crippen LogP contribution in [0.3, 0.4) is 0 Å². The average Bonchev–Trinajstić information content (AvgIpc) is 2.72. The summed E-state index contributed by atoms with van der Waals surface area (Å²) < 4.78 is 34.9. The zero-order chi connectivity index (χ0) is 14.3. The molecule has 0 unspecified atom stereocenters. The van der Waals surface area contributed by atoms with Crippen LogP contribution in [0.25, 0.3) is 11.3 Å². The number of hydrogen-bond acceptors (Lipinski definition) is 6. The maximum atomic E-state index is 12.3. The Morgan fingerprint density at radius 1 is 1.30 bits per heavy atom. The van der Waals surface area contributed by atoms with Crippen LogP contribution in [0.4, 0.5) is 5.88 Å². The van der Waals surface area contributed by atoms with Gasteiger partial charge in [-0.3, -0.25) is 0 Å². The van der Waals surface area contributed by atoms with E-state index in [0.717, 1.165) is 5.56 Å². The Labute approximate surface area is 123 Å². The fourth-order valence-corrected chi connectivity index (χ4v) is 4.44. The van der Waals surface area contributed by atoms with E-state index in [-0.39, 0.29) is 24.0 Å². The molecule has 1 fully saturated rings. The standard InChI is InChI=1S/C12H11BrN2O4S/c13-9-3-7(10-4-12(14)19-15-10)1-2-11(9)20(16,17)8-5-18-6-8/h1-4,8H,5-6,14H2. The third-order valence-electron chi connectivity index (χ3n) is 3.11. The SMILES string of the molecule is Nc1cc(-c2ccc(S(=O)(=O)C3COC3)c(Br)c2)no1. The Bertz CT molecular complexity index is 753. The molecule has 20 heavy (non-hydrogen) atoms. The molecule has 0 aliphatic carbocycles. The van der Waals surface area contributed by atoms with Crippen molar-refractivity contribution in [3.8, 4) is 11.3 Å². The van der Waals surface area contributed by atoms with Crippen molar-refractivity contribution in [2.75, 3.05) is 18.9 Å². The molecule has 2 aromatic rings. The monoisotopic (exact) mass is 358 g/mol. The van der Waals surface area contributed by atoms with Crippen LogP contribution in [0.2, 0.25) is 0 Å². The Morgan fingerprint density at radius 2 is 2.05 bits per heavy atom. The molecule has 1 aliphatic heterocycles. The lowest BCUT2D eigenvalue weighted by Crippen LogP contribution is -2.40. The average molecular weight is 359 g/mol. The van der Waals surface area contributed by atoms with Crippen molar-refractivity contribution in [3.05, 3.63) is 28.7 Å². The van der Waals surface area contributed by atoms with Crippen LogP contribution in [0.5, 0.6) is 0 Å². The van der Waals surface area contributed by atoms with E-state index in [2.05, 4.69) is 21.1 Å². The van der Waals surface area contributed by atoms with Gasteiger partial charge in [-0.15, -0.1) is 0 Å². The number of anilines is 1. The van der Waals surface area contributed by atoms with Gasteiger partial charge in [-0.05, 0) is 28.1 Å². The van der Waals surface area contributed by atoms with E-state index in [1.54, 1.807) is 24.3 Å². The minimum Gasteiger partial charge on any atom is -0.379 e. The van der Waals surface area contributed by atoms with Crippen LogP contribution in [0.1, 0.15) is 0 Å². The first-order valence-corrected chi connectivity index (χ1v) is 8.16. The van der Waals surface area contributed by atoms with Crippen LogP contribution in [0, 0.1) is 0 Å². The summed E-state index contributed by atoms with van der Waals surface area (Å²) in [5.41, 5.74) is 6.75. The van der Waals surface area contributed by atoms with Crippen molar-refractivity contribution >= 4 is 31.7 Å². The van der Waals surface area contributed by atoms with Crippen molar-refractivity contribution < 1.29 is 17.7 Å². The number of benzene rings is 1. The summed E-state index contributed by atoms with van der Waals surface area (Å²) in [5, 5.41) is 3.33. The van der Waals surface area contributed by atoms with Gasteiger partial charge in [0.25, 0.3) is 0 Å². The molecule has 2 heterocycles. The molecule has 8 heteroatoms. The lowest BCUT2D eigenvalue weighted by atomic mass is 10.1. The van der Waals surface area contributed by atoms with Crippen LogP contribution in [-0.2, 0) is 14.6 Å². The molecule has 0 saturated carbocycles. The molecule has 1 aliphatic rings. The number of ether oxygens (including phenoxy) is 1. The molecule has 0 bridgehead atoms. The van der Waals surface area contributed by atoms with Crippen LogP contribution in [-0.4, -0.2) is 32.0 Å². The van der Waals surface area contributed by atoms with Gasteiger partial charge in [0.1, 0.15) is 10.9 Å². The molecule has 0 atom stereocenters. The molecule has 106 valence electrons. The number of aromatic nitrogens is 1. The second-order valence-electron chi connectivity index (χ2n) is 4.46. The lowest BCUT2D eigenvalue weighted by molar-refractivity contribution is 0.0416. The van der Waals surface area contributed by atoms with E-state index in [1.807, 2.05) is 0 Å². The van der Waals surface area contributed by atoms with Crippen molar-refractivity contribution in [2.45, 2.75) is 10.1 Å². The summed E-state index contributed by atoms with van der Waals surface area (Å²) in [5.74, 6) is 0.208. The summed E-state index contributed by atoms with van der Waals surface area (Å²) in [6.07, 6.45) is 0. The van der Waals surface area contributed by atoms with Gasteiger partial charge in [-0.25, -0.2) is 8.42 Å². The summed E-state index contributed by atoms with van der Waals surface area (Å²) in [6.45, 7) is 0.493. The fraction of sp³-hybridized carbons (Fsp3) is 0.250. The van der Waals surface area contributed by atoms with Crippen molar-refractivity contribution in [1.82, 2.24) is 5.16 Å². The molecule has 6 nitrogen and oxygen atoms in total. The summed E-state index contributed by atoms with van der Waals surface area (Å²) in [7, 11) is -3.37. The largest absolute Gasteiger partial charge is 0.379 e. The Balaban J connectivity index is 1.99. The van der Waals surface area contributed by atoms with Crippen molar-refractivity contribution in [2.24, 2.45) is 0 Å². The third kappa shape index (κ3) is 2.23. The molecule has 1 aromatic heterocycles. The number of nitrogen functional groups attached to an aromatic ring is 1. The van der Waals surface area contributed by atoms with Gasteiger partial charge < -0.3 is 15.0 Å². The molecule has 0 spiro atoms. The number of sulfone groups is 1. The highest BCUT2D eigenvalue weighted by atomic mass is 79.9. The first-order chi connectivity index (χ1) is 9.48. The van der Waals surface area contributed by atoms with E-state index in [4.69, 9.17) is 15.0 Å². The normalized spacial score (nSPS) is 16.1. The first-order valence-electron chi connectivity index (χ1n) is 5.82. The van der Waals surface area contributed by atoms with E-state index in [9.17, 15) is 8.42 Å². The third-order valence-corrected chi connectivity index (χ3v) is 6.15. The predicted molar refractivity (Wildman–Crippen MR) is 75.8 cm³/mol. The fourth-order valence-electron chi connectivity index (χ4n) is 1.89. The summed E-state index contributed by atoms with van der Waals surface area (Å²) in [6, 6.07) is 6.49. The number of rotatable bonds is 3. The van der Waals surface area contributed by atoms with Crippen LogP contribution >= 0.6 is 15.9 Å². The van der Waals surface area contributed by atoms with Gasteiger partial charge in [-0.1, -0.05) is 11.2 Å². The molecule has 3 rings (SSSR count). The number of nitrogens with two attached hydrogens (primary N) is 1. The van der Waals surface area contributed by atoms with E-state index < -0.39 is 15.1 Å². The zero-order valence-electron chi connectivity index (χ0n) is 10.2.